The van der Waals surface area contributed by atoms with Crippen LogP contribution in [0.25, 0.3) is 0 Å². The topological polar surface area (TPSA) is 93.0 Å². The summed E-state index contributed by atoms with van der Waals surface area (Å²) in [6.07, 6.45) is 0. The lowest BCUT2D eigenvalue weighted by Gasteiger charge is -2.32. The lowest BCUT2D eigenvalue weighted by Crippen LogP contribution is -2.29. The number of alkyl halides is 2. The largest absolute Gasteiger partial charge is 0.426 e. The molecule has 8 nitrogen and oxygen atoms in total. The number of esters is 1. The number of hydrogen-bond donors (Lipinski definition) is 0. The molecule has 1 aliphatic rings. The van der Waals surface area contributed by atoms with E-state index in [2.05, 4.69) is 31.9 Å². The first-order valence-corrected chi connectivity index (χ1v) is 13.4. The van der Waals surface area contributed by atoms with Crippen LogP contribution in [-0.2, 0) is 16.1 Å². The first-order chi connectivity index (χ1) is 16.8. The van der Waals surface area contributed by atoms with E-state index >= 15 is 0 Å². The predicted octanol–water partition coefficient (Wildman–Crippen LogP) is 6.06. The molecule has 0 spiro atoms. The van der Waals surface area contributed by atoms with Crippen LogP contribution in [0, 0.1) is 10.1 Å². The number of carbonyl (C=O) groups excluding carboxylic acids is 2. The Labute approximate surface area is 222 Å². The summed E-state index contributed by atoms with van der Waals surface area (Å²) >= 11 is 7.86. The van der Waals surface area contributed by atoms with Crippen molar-refractivity contribution in [1.82, 2.24) is 0 Å². The Kier molecular flexibility index (Phi) is 7.78. The van der Waals surface area contributed by atoms with Gasteiger partial charge in [-0.25, -0.2) is 0 Å². The summed E-state index contributed by atoms with van der Waals surface area (Å²) in [5.74, 6) is -0.124. The molecule has 1 aliphatic heterocycles. The van der Waals surface area contributed by atoms with Gasteiger partial charge in [-0.05, 0) is 42.0 Å². The molecule has 1 amide bonds. The first kappa shape index (κ1) is 25.2. The van der Waals surface area contributed by atoms with E-state index in [0.29, 0.717) is 12.3 Å². The van der Waals surface area contributed by atoms with Gasteiger partial charge in [-0.2, -0.15) is 0 Å². The number of nitro groups is 1. The van der Waals surface area contributed by atoms with Gasteiger partial charge in [0.25, 0.3) is 5.69 Å². The summed E-state index contributed by atoms with van der Waals surface area (Å²) in [5.41, 5.74) is 3.40. The number of fused-ring (bicyclic) bond motifs is 2. The number of anilines is 3. The SMILES string of the molecule is CN(Cc1ccc([N+](=O)[O-])cc1)c1ccc2c(c1)Sc1cc(OC(=O)CBr)ccc1N2C(=O)CBr. The van der Waals surface area contributed by atoms with E-state index in [4.69, 9.17) is 4.74 Å². The zero-order chi connectivity index (χ0) is 25.1. The van der Waals surface area contributed by atoms with Gasteiger partial charge in [0.05, 0.1) is 21.6 Å². The van der Waals surface area contributed by atoms with E-state index in [1.807, 2.05) is 30.1 Å². The zero-order valence-corrected chi connectivity index (χ0v) is 22.4. The predicted molar refractivity (Wildman–Crippen MR) is 143 cm³/mol. The third kappa shape index (κ3) is 5.52. The van der Waals surface area contributed by atoms with Gasteiger partial charge in [0.1, 0.15) is 11.1 Å². The number of hydrogen-bond acceptors (Lipinski definition) is 7. The number of ether oxygens (including phenoxy) is 1. The molecule has 11 heteroatoms. The van der Waals surface area contributed by atoms with Crippen molar-refractivity contribution in [1.29, 1.82) is 0 Å². The summed E-state index contributed by atoms with van der Waals surface area (Å²) in [4.78, 5) is 40.4. The molecular formula is C24H19Br2N3O5S. The second-order valence-corrected chi connectivity index (χ2v) is 9.84. The molecule has 0 N–H and O–H groups in total. The van der Waals surface area contributed by atoms with Gasteiger partial charge >= 0.3 is 5.97 Å². The summed E-state index contributed by atoms with van der Waals surface area (Å²) in [5, 5.41) is 11.1. The smallest absolute Gasteiger partial charge is 0.321 e. The Hall–Kier alpha value is -2.89. The number of amides is 1. The highest BCUT2D eigenvalue weighted by molar-refractivity contribution is 9.09. The van der Waals surface area contributed by atoms with Crippen LogP contribution in [0.1, 0.15) is 5.56 Å². The van der Waals surface area contributed by atoms with Crippen molar-refractivity contribution >= 4 is 78.2 Å². The molecule has 0 atom stereocenters. The minimum absolute atomic E-state index is 0.0537. The molecule has 0 radical (unpaired) electrons. The number of nitrogens with zero attached hydrogens (tertiary/aromatic N) is 3. The van der Waals surface area contributed by atoms with Gasteiger partial charge in [0.15, 0.2) is 0 Å². The Balaban J connectivity index is 1.64. The van der Waals surface area contributed by atoms with Crippen LogP contribution < -0.4 is 14.5 Å². The molecule has 0 fully saturated rings. The van der Waals surface area contributed by atoms with Crippen molar-refractivity contribution in [3.8, 4) is 5.75 Å². The highest BCUT2D eigenvalue weighted by Crippen LogP contribution is 2.50. The molecule has 4 rings (SSSR count). The molecule has 3 aromatic carbocycles. The lowest BCUT2D eigenvalue weighted by atomic mass is 10.1. The number of nitro benzene ring substituents is 1. The quantitative estimate of drug-likeness (QED) is 0.104. The third-order valence-electron chi connectivity index (χ3n) is 5.29. The Bertz CT molecular complexity index is 1300. The van der Waals surface area contributed by atoms with Crippen molar-refractivity contribution in [3.63, 3.8) is 0 Å². The van der Waals surface area contributed by atoms with Gasteiger partial charge in [-0.15, -0.1) is 0 Å². The molecule has 0 unspecified atom stereocenters. The molecule has 0 saturated heterocycles. The van der Waals surface area contributed by atoms with Crippen LogP contribution in [-0.4, -0.2) is 34.5 Å². The van der Waals surface area contributed by atoms with E-state index in [-0.39, 0.29) is 22.3 Å². The van der Waals surface area contributed by atoms with E-state index in [1.165, 1.54) is 23.9 Å². The fourth-order valence-electron chi connectivity index (χ4n) is 3.65. The average Bonchev–Trinajstić information content (AvgIpc) is 2.86. The normalized spacial score (nSPS) is 11.9. The van der Waals surface area contributed by atoms with Crippen molar-refractivity contribution in [2.45, 2.75) is 16.3 Å². The van der Waals surface area contributed by atoms with Crippen LogP contribution in [0.15, 0.2) is 70.5 Å². The van der Waals surface area contributed by atoms with Crippen molar-refractivity contribution in [3.05, 3.63) is 76.3 Å². The molecule has 0 saturated carbocycles. The summed E-state index contributed by atoms with van der Waals surface area (Å²) in [6, 6.07) is 17.5. The van der Waals surface area contributed by atoms with E-state index in [9.17, 15) is 19.7 Å². The fourth-order valence-corrected chi connectivity index (χ4v) is 5.14. The van der Waals surface area contributed by atoms with Gasteiger partial charge in [0, 0.05) is 41.2 Å². The lowest BCUT2D eigenvalue weighted by molar-refractivity contribution is -0.384. The maximum absolute atomic E-state index is 12.9. The summed E-state index contributed by atoms with van der Waals surface area (Å²) < 4.78 is 5.33. The Morgan fingerprint density at radius 1 is 1.00 bits per heavy atom. The highest BCUT2D eigenvalue weighted by atomic mass is 79.9. The molecule has 0 aromatic heterocycles. The second kappa shape index (κ2) is 10.8. The summed E-state index contributed by atoms with van der Waals surface area (Å²) in [7, 11) is 1.93. The van der Waals surface area contributed by atoms with E-state index in [1.54, 1.807) is 35.2 Å². The Morgan fingerprint density at radius 3 is 2.29 bits per heavy atom. The van der Waals surface area contributed by atoms with Crippen LogP contribution in [0.2, 0.25) is 0 Å². The monoisotopic (exact) mass is 619 g/mol. The molecule has 3 aromatic rings. The number of carbonyl (C=O) groups is 2. The first-order valence-electron chi connectivity index (χ1n) is 10.4. The maximum Gasteiger partial charge on any atom is 0.321 e. The number of benzene rings is 3. The fraction of sp³-hybridized carbons (Fsp3) is 0.167. The third-order valence-corrected chi connectivity index (χ3v) is 7.32. The molecular weight excluding hydrogens is 602 g/mol. The van der Waals surface area contributed by atoms with Crippen LogP contribution in [0.5, 0.6) is 5.75 Å². The number of halogens is 2. The van der Waals surface area contributed by atoms with Crippen molar-refractivity contribution < 1.29 is 19.2 Å². The standard InChI is InChI=1S/C24H19Br2N3O5S/c1-27(14-15-2-4-16(5-3-15)29(32)33)17-6-8-19-21(10-17)35-22-11-18(34-24(31)13-26)7-9-20(22)28(19)23(30)12-25/h2-11H,12-14H2,1H3. The van der Waals surface area contributed by atoms with Gasteiger partial charge < -0.3 is 9.64 Å². The minimum atomic E-state index is -0.418. The molecule has 35 heavy (non-hydrogen) atoms. The number of non-ortho nitro benzene ring substituents is 1. The second-order valence-electron chi connectivity index (χ2n) is 7.63. The van der Waals surface area contributed by atoms with Gasteiger partial charge in [0.2, 0.25) is 5.91 Å². The minimum Gasteiger partial charge on any atom is -0.426 e. The molecule has 0 aliphatic carbocycles. The average molecular weight is 621 g/mol. The highest BCUT2D eigenvalue weighted by Gasteiger charge is 2.29. The summed E-state index contributed by atoms with van der Waals surface area (Å²) in [6.45, 7) is 0.550. The molecule has 0 bridgehead atoms. The maximum atomic E-state index is 12.9. The van der Waals surface area contributed by atoms with E-state index in [0.717, 1.165) is 32.4 Å². The van der Waals surface area contributed by atoms with Crippen LogP contribution in [0.3, 0.4) is 0 Å². The van der Waals surface area contributed by atoms with Crippen LogP contribution in [0.4, 0.5) is 22.7 Å². The van der Waals surface area contributed by atoms with Gasteiger partial charge in [-0.3, -0.25) is 24.6 Å². The zero-order valence-electron chi connectivity index (χ0n) is 18.4. The van der Waals surface area contributed by atoms with Crippen LogP contribution >= 0.6 is 43.6 Å². The Morgan fingerprint density at radius 2 is 1.66 bits per heavy atom. The molecule has 180 valence electrons. The molecule has 1 heterocycles. The van der Waals surface area contributed by atoms with Gasteiger partial charge in [-0.1, -0.05) is 55.8 Å². The van der Waals surface area contributed by atoms with Crippen molar-refractivity contribution in [2.24, 2.45) is 0 Å². The number of rotatable bonds is 7. The van der Waals surface area contributed by atoms with Crippen molar-refractivity contribution in [2.75, 3.05) is 27.5 Å². The van der Waals surface area contributed by atoms with E-state index < -0.39 is 10.9 Å².